The molecule has 36 heavy (non-hydrogen) atoms. The Kier molecular flexibility index (Phi) is 5.55. The lowest BCUT2D eigenvalue weighted by Gasteiger charge is -2.10. The number of hydrogen-bond donors (Lipinski definition) is 2. The summed E-state index contributed by atoms with van der Waals surface area (Å²) < 4.78 is 17.0. The van der Waals surface area contributed by atoms with Crippen molar-refractivity contribution in [2.24, 2.45) is 0 Å². The monoisotopic (exact) mass is 484 g/mol. The number of methoxy groups -OCH3 is 1. The number of carbonyl (C=O) groups excluding carboxylic acids is 1. The molecule has 3 aromatic heterocycles. The van der Waals surface area contributed by atoms with Crippen molar-refractivity contribution in [3.8, 4) is 5.75 Å². The number of amides is 1. The molecule has 5 aromatic rings. The summed E-state index contributed by atoms with van der Waals surface area (Å²) in [6, 6.07) is 9.75. The standard InChI is InChI=1S/C29H28N2O5/c1-16-20-12-23-19-5-3-4-6-25(19)35-27(23)14-26(20)36-29(33)21(16)13-28(32)30-10-9-17-15-31-24-8-7-18(34-2)11-22(17)24/h7-8,11-12,14-15,31H,3-6,9-10,13H2,1-2H3,(H,30,32). The normalized spacial score (nSPS) is 13.4. The van der Waals surface area contributed by atoms with Gasteiger partial charge in [0.1, 0.15) is 22.7 Å². The van der Waals surface area contributed by atoms with Gasteiger partial charge in [-0.1, -0.05) is 0 Å². The van der Waals surface area contributed by atoms with Crippen molar-refractivity contribution in [1.29, 1.82) is 0 Å². The van der Waals surface area contributed by atoms with Crippen LogP contribution in [0.5, 0.6) is 5.75 Å². The van der Waals surface area contributed by atoms with Gasteiger partial charge >= 0.3 is 5.63 Å². The highest BCUT2D eigenvalue weighted by Gasteiger charge is 2.21. The van der Waals surface area contributed by atoms with E-state index in [2.05, 4.69) is 16.4 Å². The second-order valence-electron chi connectivity index (χ2n) is 9.55. The van der Waals surface area contributed by atoms with E-state index in [1.807, 2.05) is 37.4 Å². The molecule has 2 N–H and O–H groups in total. The van der Waals surface area contributed by atoms with E-state index in [1.54, 1.807) is 7.11 Å². The first-order chi connectivity index (χ1) is 17.5. The molecule has 3 heterocycles. The van der Waals surface area contributed by atoms with Crippen molar-refractivity contribution in [2.45, 2.75) is 45.4 Å². The molecule has 0 radical (unpaired) electrons. The molecule has 1 aliphatic rings. The molecule has 0 saturated carbocycles. The summed E-state index contributed by atoms with van der Waals surface area (Å²) in [6.45, 7) is 2.35. The Morgan fingerprint density at radius 2 is 1.89 bits per heavy atom. The zero-order chi connectivity index (χ0) is 24.8. The van der Waals surface area contributed by atoms with Crippen molar-refractivity contribution in [3.05, 3.63) is 75.0 Å². The van der Waals surface area contributed by atoms with Gasteiger partial charge in [-0.05, 0) is 68.0 Å². The van der Waals surface area contributed by atoms with Gasteiger partial charge < -0.3 is 23.9 Å². The summed E-state index contributed by atoms with van der Waals surface area (Å²) in [5, 5.41) is 5.96. The molecule has 1 aliphatic carbocycles. The Morgan fingerprint density at radius 3 is 2.75 bits per heavy atom. The number of aromatic amines is 1. The summed E-state index contributed by atoms with van der Waals surface area (Å²) in [7, 11) is 1.64. The maximum atomic E-state index is 12.8. The first-order valence-corrected chi connectivity index (χ1v) is 12.4. The largest absolute Gasteiger partial charge is 0.497 e. The lowest BCUT2D eigenvalue weighted by molar-refractivity contribution is -0.120. The fourth-order valence-corrected chi connectivity index (χ4v) is 5.40. The number of benzene rings is 2. The van der Waals surface area contributed by atoms with E-state index < -0.39 is 5.63 Å². The molecule has 7 nitrogen and oxygen atoms in total. The van der Waals surface area contributed by atoms with Gasteiger partial charge in [0.05, 0.1) is 19.1 Å². The highest BCUT2D eigenvalue weighted by Crippen LogP contribution is 2.35. The van der Waals surface area contributed by atoms with E-state index in [-0.39, 0.29) is 12.3 Å². The molecule has 184 valence electrons. The number of nitrogens with one attached hydrogen (secondary N) is 2. The van der Waals surface area contributed by atoms with Gasteiger partial charge in [-0.3, -0.25) is 4.79 Å². The van der Waals surface area contributed by atoms with Gasteiger partial charge in [-0.2, -0.15) is 0 Å². The van der Waals surface area contributed by atoms with Crippen LogP contribution in [0, 0.1) is 6.92 Å². The van der Waals surface area contributed by atoms with Crippen LogP contribution in [0.15, 0.2) is 50.2 Å². The van der Waals surface area contributed by atoms with Crippen molar-refractivity contribution >= 4 is 38.7 Å². The SMILES string of the molecule is COc1ccc2[nH]cc(CCNC(=O)Cc3c(C)c4cc5c6c(oc5cc4oc3=O)CCCC6)c2c1. The molecular formula is C29H28N2O5. The third kappa shape index (κ3) is 3.85. The Morgan fingerprint density at radius 1 is 1.06 bits per heavy atom. The lowest BCUT2D eigenvalue weighted by Crippen LogP contribution is -2.29. The van der Waals surface area contributed by atoms with Gasteiger partial charge in [0, 0.05) is 52.5 Å². The summed E-state index contributed by atoms with van der Waals surface area (Å²) in [5.41, 5.74) is 5.34. The van der Waals surface area contributed by atoms with Gasteiger partial charge in [-0.15, -0.1) is 0 Å². The van der Waals surface area contributed by atoms with Crippen LogP contribution in [-0.2, 0) is 30.5 Å². The summed E-state index contributed by atoms with van der Waals surface area (Å²) in [5.74, 6) is 1.63. The highest BCUT2D eigenvalue weighted by molar-refractivity contribution is 5.97. The molecule has 1 amide bonds. The molecule has 2 aromatic carbocycles. The van der Waals surface area contributed by atoms with Crippen molar-refractivity contribution in [1.82, 2.24) is 10.3 Å². The number of H-pyrrole nitrogens is 1. The average molecular weight is 485 g/mol. The fraction of sp³-hybridized carbons (Fsp3) is 0.310. The minimum atomic E-state index is -0.477. The first-order valence-electron chi connectivity index (χ1n) is 12.4. The van der Waals surface area contributed by atoms with E-state index in [0.717, 1.165) is 75.6 Å². The van der Waals surface area contributed by atoms with Crippen molar-refractivity contribution in [3.63, 3.8) is 0 Å². The predicted octanol–water partition coefficient (Wildman–Crippen LogP) is 5.12. The first kappa shape index (κ1) is 22.5. The minimum absolute atomic E-state index is 0.0205. The molecule has 0 aliphatic heterocycles. The van der Waals surface area contributed by atoms with Crippen LogP contribution in [0.1, 0.15) is 40.9 Å². The highest BCUT2D eigenvalue weighted by atomic mass is 16.5. The average Bonchev–Trinajstić information content (AvgIpc) is 3.45. The van der Waals surface area contributed by atoms with Gasteiger partial charge in [0.2, 0.25) is 5.91 Å². The molecule has 6 rings (SSSR count). The molecule has 0 spiro atoms. The van der Waals surface area contributed by atoms with Crippen LogP contribution in [0.2, 0.25) is 0 Å². The predicted molar refractivity (Wildman–Crippen MR) is 139 cm³/mol. The molecule has 0 saturated heterocycles. The third-order valence-electron chi connectivity index (χ3n) is 7.39. The van der Waals surface area contributed by atoms with E-state index in [4.69, 9.17) is 13.6 Å². The van der Waals surface area contributed by atoms with Crippen molar-refractivity contribution < 1.29 is 18.4 Å². The molecule has 0 fully saturated rings. The number of aryl methyl sites for hydroxylation is 3. The Labute approximate surface area is 207 Å². The number of furan rings is 1. The van der Waals surface area contributed by atoms with Gasteiger partial charge in [0.25, 0.3) is 0 Å². The molecule has 0 unspecified atom stereocenters. The number of carbonyl (C=O) groups is 1. The number of aromatic nitrogens is 1. The molecule has 0 bridgehead atoms. The van der Waals surface area contributed by atoms with Gasteiger partial charge in [-0.25, -0.2) is 4.79 Å². The second-order valence-corrected chi connectivity index (χ2v) is 9.55. The quantitative estimate of drug-likeness (QED) is 0.326. The summed E-state index contributed by atoms with van der Waals surface area (Å²) in [4.78, 5) is 28.8. The van der Waals surface area contributed by atoms with Crippen LogP contribution < -0.4 is 15.7 Å². The maximum Gasteiger partial charge on any atom is 0.340 e. The van der Waals surface area contributed by atoms with Gasteiger partial charge in [0.15, 0.2) is 0 Å². The summed E-state index contributed by atoms with van der Waals surface area (Å²) >= 11 is 0. The van der Waals surface area contributed by atoms with Crippen LogP contribution in [0.3, 0.4) is 0 Å². The van der Waals surface area contributed by atoms with Crippen LogP contribution >= 0.6 is 0 Å². The lowest BCUT2D eigenvalue weighted by atomic mass is 9.94. The van der Waals surface area contributed by atoms with Crippen LogP contribution in [0.4, 0.5) is 0 Å². The molecule has 0 atom stereocenters. The third-order valence-corrected chi connectivity index (χ3v) is 7.39. The van der Waals surface area contributed by atoms with E-state index in [0.29, 0.717) is 24.1 Å². The Bertz CT molecular complexity index is 1690. The number of fused-ring (bicyclic) bond motifs is 5. The smallest absolute Gasteiger partial charge is 0.340 e. The molecule has 7 heteroatoms. The topological polar surface area (TPSA) is 97.5 Å². The van der Waals surface area contributed by atoms with E-state index >= 15 is 0 Å². The fourth-order valence-electron chi connectivity index (χ4n) is 5.40. The Hall–Kier alpha value is -4.00. The van der Waals surface area contributed by atoms with Crippen molar-refractivity contribution in [2.75, 3.05) is 13.7 Å². The Balaban J connectivity index is 1.21. The van der Waals surface area contributed by atoms with Crippen LogP contribution in [-0.4, -0.2) is 24.5 Å². The summed E-state index contributed by atoms with van der Waals surface area (Å²) in [6.07, 6.45) is 6.83. The molecular weight excluding hydrogens is 456 g/mol. The van der Waals surface area contributed by atoms with Crippen LogP contribution in [0.25, 0.3) is 32.8 Å². The number of rotatable bonds is 6. The minimum Gasteiger partial charge on any atom is -0.497 e. The van der Waals surface area contributed by atoms with E-state index in [1.165, 1.54) is 5.56 Å². The maximum absolute atomic E-state index is 12.8. The number of hydrogen-bond acceptors (Lipinski definition) is 5. The second kappa shape index (κ2) is 8.90. The number of ether oxygens (including phenoxy) is 1. The zero-order valence-corrected chi connectivity index (χ0v) is 20.5. The van der Waals surface area contributed by atoms with E-state index in [9.17, 15) is 9.59 Å². The zero-order valence-electron chi connectivity index (χ0n) is 20.5.